The lowest BCUT2D eigenvalue weighted by Gasteiger charge is -2.09. The van der Waals surface area contributed by atoms with Crippen LogP contribution in [0.2, 0.25) is 5.02 Å². The molecule has 0 aliphatic rings. The van der Waals surface area contributed by atoms with Crippen molar-refractivity contribution in [3.8, 4) is 6.07 Å². The number of nitrogens with one attached hydrogen (secondary N) is 1. The lowest BCUT2D eigenvalue weighted by molar-refractivity contribution is 1.24. The third-order valence-electron chi connectivity index (χ3n) is 2.40. The summed E-state index contributed by atoms with van der Waals surface area (Å²) in [5, 5.41) is 12.7. The molecule has 0 aliphatic carbocycles. The topological polar surface area (TPSA) is 48.7 Å². The number of hydrogen-bond donors (Lipinski definition) is 1. The third kappa shape index (κ3) is 2.38. The van der Waals surface area contributed by atoms with E-state index < -0.39 is 0 Å². The molecule has 0 spiro atoms. The summed E-state index contributed by atoms with van der Waals surface area (Å²) in [6, 6.07) is 11.3. The highest BCUT2D eigenvalue weighted by Crippen LogP contribution is 2.26. The van der Waals surface area contributed by atoms with Crippen molar-refractivity contribution in [3.05, 3.63) is 52.7 Å². The Morgan fingerprint density at radius 1 is 1.29 bits per heavy atom. The van der Waals surface area contributed by atoms with Gasteiger partial charge in [0.25, 0.3) is 0 Å². The number of anilines is 2. The van der Waals surface area contributed by atoms with Gasteiger partial charge in [-0.05, 0) is 30.7 Å². The maximum absolute atomic E-state index is 9.08. The molecule has 17 heavy (non-hydrogen) atoms. The van der Waals surface area contributed by atoms with Gasteiger partial charge in [0, 0.05) is 6.20 Å². The highest BCUT2D eigenvalue weighted by molar-refractivity contribution is 6.33. The smallest absolute Gasteiger partial charge is 0.148 e. The molecule has 84 valence electrons. The number of nitriles is 1. The second-order valence-electron chi connectivity index (χ2n) is 3.57. The van der Waals surface area contributed by atoms with E-state index in [4.69, 9.17) is 16.9 Å². The minimum Gasteiger partial charge on any atom is -0.338 e. The molecule has 4 heteroatoms. The van der Waals surface area contributed by atoms with E-state index in [1.54, 1.807) is 18.3 Å². The summed E-state index contributed by atoms with van der Waals surface area (Å²) in [6.07, 6.45) is 1.66. The average Bonchev–Trinajstić information content (AvgIpc) is 2.32. The number of pyridine rings is 1. The molecule has 0 saturated heterocycles. The normalized spacial score (nSPS) is 9.71. The van der Waals surface area contributed by atoms with E-state index in [0.29, 0.717) is 16.4 Å². The summed E-state index contributed by atoms with van der Waals surface area (Å²) in [7, 11) is 0. The minimum absolute atomic E-state index is 0.528. The van der Waals surface area contributed by atoms with Crippen molar-refractivity contribution in [3.63, 3.8) is 0 Å². The van der Waals surface area contributed by atoms with Crippen LogP contribution in [0.3, 0.4) is 0 Å². The molecule has 0 bridgehead atoms. The van der Waals surface area contributed by atoms with Gasteiger partial charge in [-0.1, -0.05) is 23.7 Å². The second-order valence-corrected chi connectivity index (χ2v) is 3.98. The molecule has 3 nitrogen and oxygen atoms in total. The number of aryl methyl sites for hydroxylation is 1. The molecule has 0 atom stereocenters. The Kier molecular flexibility index (Phi) is 3.27. The molecule has 0 amide bonds. The Hall–Kier alpha value is -2.05. The highest BCUT2D eigenvalue weighted by atomic mass is 35.5. The highest BCUT2D eigenvalue weighted by Gasteiger charge is 2.07. The first-order chi connectivity index (χ1) is 8.22. The first kappa shape index (κ1) is 11.4. The van der Waals surface area contributed by atoms with Gasteiger partial charge in [0.1, 0.15) is 11.9 Å². The van der Waals surface area contributed by atoms with Crippen molar-refractivity contribution < 1.29 is 0 Å². The van der Waals surface area contributed by atoms with Gasteiger partial charge in [-0.15, -0.1) is 0 Å². The second kappa shape index (κ2) is 4.86. The summed E-state index contributed by atoms with van der Waals surface area (Å²) in [6.45, 7) is 1.87. The summed E-state index contributed by atoms with van der Waals surface area (Å²) in [5.74, 6) is 0.528. The molecule has 0 saturated carbocycles. The Morgan fingerprint density at radius 2 is 2.06 bits per heavy atom. The van der Waals surface area contributed by atoms with Gasteiger partial charge in [-0.3, -0.25) is 0 Å². The lowest BCUT2D eigenvalue weighted by atomic mass is 10.1. The fourth-order valence-corrected chi connectivity index (χ4v) is 1.67. The summed E-state index contributed by atoms with van der Waals surface area (Å²) < 4.78 is 0. The average molecular weight is 244 g/mol. The predicted octanol–water partition coefficient (Wildman–Crippen LogP) is 3.66. The van der Waals surface area contributed by atoms with Crippen LogP contribution in [0, 0.1) is 18.3 Å². The molecular weight excluding hydrogens is 234 g/mol. The zero-order valence-corrected chi connectivity index (χ0v) is 9.99. The largest absolute Gasteiger partial charge is 0.338 e. The van der Waals surface area contributed by atoms with Gasteiger partial charge in [-0.2, -0.15) is 5.26 Å². The number of benzene rings is 1. The molecule has 1 heterocycles. The molecule has 0 radical (unpaired) electrons. The van der Waals surface area contributed by atoms with Crippen LogP contribution in [0.5, 0.6) is 0 Å². The number of para-hydroxylation sites is 1. The lowest BCUT2D eigenvalue weighted by Crippen LogP contribution is -1.98. The van der Waals surface area contributed by atoms with E-state index in [1.807, 2.05) is 25.1 Å². The molecular formula is C13H10ClN3. The van der Waals surface area contributed by atoms with Crippen molar-refractivity contribution in [2.24, 2.45) is 0 Å². The molecule has 0 fully saturated rings. The number of nitrogens with zero attached hydrogens (tertiary/aromatic N) is 2. The number of rotatable bonds is 2. The van der Waals surface area contributed by atoms with Crippen LogP contribution in [0.25, 0.3) is 0 Å². The van der Waals surface area contributed by atoms with Crippen LogP contribution in [-0.4, -0.2) is 4.98 Å². The molecule has 2 rings (SSSR count). The Morgan fingerprint density at radius 3 is 2.76 bits per heavy atom. The SMILES string of the molecule is Cc1ccnc(Nc2ccccc2Cl)c1C#N. The predicted molar refractivity (Wildman–Crippen MR) is 68.4 cm³/mol. The molecule has 0 aliphatic heterocycles. The zero-order chi connectivity index (χ0) is 12.3. The maximum Gasteiger partial charge on any atom is 0.148 e. The fraction of sp³-hybridized carbons (Fsp3) is 0.0769. The van der Waals surface area contributed by atoms with E-state index in [9.17, 15) is 0 Å². The quantitative estimate of drug-likeness (QED) is 0.876. The molecule has 2 aromatic rings. The number of hydrogen-bond acceptors (Lipinski definition) is 3. The van der Waals surface area contributed by atoms with Crippen molar-refractivity contribution in [1.29, 1.82) is 5.26 Å². The van der Waals surface area contributed by atoms with E-state index >= 15 is 0 Å². The monoisotopic (exact) mass is 243 g/mol. The van der Waals surface area contributed by atoms with E-state index in [1.165, 1.54) is 0 Å². The molecule has 1 aromatic heterocycles. The number of aromatic nitrogens is 1. The molecule has 0 unspecified atom stereocenters. The van der Waals surface area contributed by atoms with Gasteiger partial charge in [-0.25, -0.2) is 4.98 Å². The summed E-state index contributed by atoms with van der Waals surface area (Å²) >= 11 is 6.04. The Labute approximate surface area is 105 Å². The van der Waals surface area contributed by atoms with E-state index in [-0.39, 0.29) is 0 Å². The van der Waals surface area contributed by atoms with Crippen LogP contribution in [0.1, 0.15) is 11.1 Å². The minimum atomic E-state index is 0.528. The van der Waals surface area contributed by atoms with Crippen LogP contribution in [0.4, 0.5) is 11.5 Å². The molecule has 1 aromatic carbocycles. The summed E-state index contributed by atoms with van der Waals surface area (Å²) in [5.41, 5.74) is 2.16. The van der Waals surface area contributed by atoms with E-state index in [2.05, 4.69) is 16.4 Å². The first-order valence-corrected chi connectivity index (χ1v) is 5.47. The van der Waals surface area contributed by atoms with Gasteiger partial charge in [0.2, 0.25) is 0 Å². The molecule has 1 N–H and O–H groups in total. The first-order valence-electron chi connectivity index (χ1n) is 5.09. The van der Waals surface area contributed by atoms with Crippen molar-refractivity contribution in [2.45, 2.75) is 6.92 Å². The van der Waals surface area contributed by atoms with Gasteiger partial charge >= 0.3 is 0 Å². The maximum atomic E-state index is 9.08. The zero-order valence-electron chi connectivity index (χ0n) is 9.24. The third-order valence-corrected chi connectivity index (χ3v) is 2.73. The fourth-order valence-electron chi connectivity index (χ4n) is 1.48. The standard InChI is InChI=1S/C13H10ClN3/c1-9-6-7-16-13(10(9)8-15)17-12-5-3-2-4-11(12)14/h2-7H,1H3,(H,16,17). The number of halogens is 1. The van der Waals surface area contributed by atoms with Crippen LogP contribution < -0.4 is 5.32 Å². The van der Waals surface area contributed by atoms with Crippen LogP contribution in [0.15, 0.2) is 36.5 Å². The van der Waals surface area contributed by atoms with Crippen LogP contribution >= 0.6 is 11.6 Å². The van der Waals surface area contributed by atoms with Crippen molar-refractivity contribution >= 4 is 23.1 Å². The van der Waals surface area contributed by atoms with E-state index in [0.717, 1.165) is 11.3 Å². The van der Waals surface area contributed by atoms with Crippen LogP contribution in [-0.2, 0) is 0 Å². The van der Waals surface area contributed by atoms with Crippen molar-refractivity contribution in [2.75, 3.05) is 5.32 Å². The van der Waals surface area contributed by atoms with Crippen molar-refractivity contribution in [1.82, 2.24) is 4.98 Å². The summed E-state index contributed by atoms with van der Waals surface area (Å²) in [4.78, 5) is 4.15. The van der Waals surface area contributed by atoms with Gasteiger partial charge < -0.3 is 5.32 Å². The Bertz CT molecular complexity index is 587. The van der Waals surface area contributed by atoms with Gasteiger partial charge in [0.05, 0.1) is 16.3 Å². The van der Waals surface area contributed by atoms with Gasteiger partial charge in [0.15, 0.2) is 0 Å². The Balaban J connectivity index is 2.41.